The van der Waals surface area contributed by atoms with E-state index < -0.39 is 0 Å². The number of hydrogen-bond acceptors (Lipinski definition) is 2. The molecular formula is C19H12OS. The normalized spacial score (nSPS) is 12.8. The maximum Gasteiger partial charge on any atom is 0.120 e. The van der Waals surface area contributed by atoms with E-state index in [0.29, 0.717) is 5.75 Å². The third-order valence-electron chi connectivity index (χ3n) is 4.41. The zero-order valence-electron chi connectivity index (χ0n) is 11.3. The van der Waals surface area contributed by atoms with Crippen molar-refractivity contribution in [1.82, 2.24) is 0 Å². The molecule has 2 heteroatoms. The Kier molecular flexibility index (Phi) is 2.09. The summed E-state index contributed by atoms with van der Waals surface area (Å²) in [7, 11) is 0. The molecule has 1 heterocycles. The van der Waals surface area contributed by atoms with E-state index in [4.69, 9.17) is 0 Å². The van der Waals surface area contributed by atoms with Gasteiger partial charge in [-0.3, -0.25) is 0 Å². The Hall–Kier alpha value is -2.32. The molecular weight excluding hydrogens is 276 g/mol. The highest BCUT2D eigenvalue weighted by atomic mass is 32.1. The Morgan fingerprint density at radius 1 is 0.905 bits per heavy atom. The number of benzene rings is 3. The largest absolute Gasteiger partial charge is 0.508 e. The quantitative estimate of drug-likeness (QED) is 0.408. The van der Waals surface area contributed by atoms with Gasteiger partial charge in [-0.05, 0) is 23.3 Å². The Bertz CT molecular complexity index is 1030. The average Bonchev–Trinajstić information content (AvgIpc) is 3.06. The second kappa shape index (κ2) is 3.86. The number of fused-ring (bicyclic) bond motifs is 7. The highest BCUT2D eigenvalue weighted by Gasteiger charge is 2.25. The van der Waals surface area contributed by atoms with Crippen molar-refractivity contribution in [2.24, 2.45) is 0 Å². The molecule has 4 aromatic rings. The lowest BCUT2D eigenvalue weighted by molar-refractivity contribution is 0.471. The van der Waals surface area contributed by atoms with Gasteiger partial charge in [-0.2, -0.15) is 0 Å². The molecule has 0 aliphatic heterocycles. The molecule has 0 atom stereocenters. The number of phenolic OH excluding ortho intramolecular Hbond substituents is 1. The molecule has 1 aliphatic carbocycles. The van der Waals surface area contributed by atoms with Gasteiger partial charge in [-0.1, -0.05) is 42.5 Å². The molecule has 0 spiro atoms. The summed E-state index contributed by atoms with van der Waals surface area (Å²) in [5.74, 6) is 0.428. The van der Waals surface area contributed by atoms with Gasteiger partial charge in [0, 0.05) is 37.7 Å². The minimum Gasteiger partial charge on any atom is -0.508 e. The smallest absolute Gasteiger partial charge is 0.120 e. The van der Waals surface area contributed by atoms with Crippen molar-refractivity contribution in [3.8, 4) is 16.9 Å². The summed E-state index contributed by atoms with van der Waals surface area (Å²) in [4.78, 5) is 0. The molecule has 0 fully saturated rings. The first-order valence-electron chi connectivity index (χ1n) is 7.07. The van der Waals surface area contributed by atoms with Gasteiger partial charge in [0.05, 0.1) is 0 Å². The summed E-state index contributed by atoms with van der Waals surface area (Å²) in [5.41, 5.74) is 4.91. The SMILES string of the molecule is Oc1cc2c(sc3ccccc32)c2c1Cc1ccccc1-2. The number of hydrogen-bond donors (Lipinski definition) is 1. The molecule has 1 nitrogen and oxygen atoms in total. The van der Waals surface area contributed by atoms with Crippen LogP contribution >= 0.6 is 11.3 Å². The van der Waals surface area contributed by atoms with E-state index >= 15 is 0 Å². The van der Waals surface area contributed by atoms with Crippen LogP contribution in [0, 0.1) is 0 Å². The van der Waals surface area contributed by atoms with E-state index in [1.165, 1.54) is 36.9 Å². The van der Waals surface area contributed by atoms with E-state index in [0.717, 1.165) is 12.0 Å². The molecule has 21 heavy (non-hydrogen) atoms. The highest BCUT2D eigenvalue weighted by Crippen LogP contribution is 2.49. The van der Waals surface area contributed by atoms with Gasteiger partial charge in [0.2, 0.25) is 0 Å². The summed E-state index contributed by atoms with van der Waals surface area (Å²) in [6.07, 6.45) is 0.835. The van der Waals surface area contributed by atoms with Crippen molar-refractivity contribution in [1.29, 1.82) is 0 Å². The van der Waals surface area contributed by atoms with Gasteiger partial charge < -0.3 is 5.11 Å². The third-order valence-corrected chi connectivity index (χ3v) is 5.61. The highest BCUT2D eigenvalue weighted by molar-refractivity contribution is 7.26. The van der Waals surface area contributed by atoms with Gasteiger partial charge in [0.25, 0.3) is 0 Å². The van der Waals surface area contributed by atoms with E-state index in [9.17, 15) is 5.11 Å². The Balaban J connectivity index is 2.02. The predicted molar refractivity (Wildman–Crippen MR) is 89.2 cm³/mol. The van der Waals surface area contributed by atoms with Crippen LogP contribution in [0.25, 0.3) is 31.3 Å². The van der Waals surface area contributed by atoms with Crippen molar-refractivity contribution >= 4 is 31.5 Å². The monoisotopic (exact) mass is 288 g/mol. The third kappa shape index (κ3) is 1.40. The molecule has 0 saturated carbocycles. The molecule has 3 aromatic carbocycles. The fraction of sp³-hybridized carbons (Fsp3) is 0.0526. The summed E-state index contributed by atoms with van der Waals surface area (Å²) < 4.78 is 2.58. The number of aromatic hydroxyl groups is 1. The van der Waals surface area contributed by atoms with Crippen LogP contribution in [0.5, 0.6) is 5.75 Å². The van der Waals surface area contributed by atoms with Crippen LogP contribution in [0.15, 0.2) is 54.6 Å². The summed E-state index contributed by atoms with van der Waals surface area (Å²) in [5, 5.41) is 12.9. The Labute approximate surface area is 126 Å². The zero-order chi connectivity index (χ0) is 14.0. The van der Waals surface area contributed by atoms with Crippen LogP contribution in [0.4, 0.5) is 0 Å². The zero-order valence-corrected chi connectivity index (χ0v) is 12.1. The van der Waals surface area contributed by atoms with Crippen LogP contribution < -0.4 is 0 Å². The van der Waals surface area contributed by atoms with E-state index in [2.05, 4.69) is 48.5 Å². The molecule has 1 N–H and O–H groups in total. The molecule has 0 radical (unpaired) electrons. The van der Waals surface area contributed by atoms with E-state index in [1.807, 2.05) is 17.4 Å². The predicted octanol–water partition coefficient (Wildman–Crippen LogP) is 5.33. The van der Waals surface area contributed by atoms with Crippen LogP contribution in [0.1, 0.15) is 11.1 Å². The number of phenols is 1. The first-order valence-corrected chi connectivity index (χ1v) is 7.89. The van der Waals surface area contributed by atoms with Crippen LogP contribution in [0.3, 0.4) is 0 Å². The van der Waals surface area contributed by atoms with E-state index in [1.54, 1.807) is 0 Å². The van der Waals surface area contributed by atoms with Crippen LogP contribution in [-0.4, -0.2) is 5.11 Å². The lowest BCUT2D eigenvalue weighted by Crippen LogP contribution is -1.82. The lowest BCUT2D eigenvalue weighted by atomic mass is 10.0. The van der Waals surface area contributed by atoms with Crippen molar-refractivity contribution in [3.05, 3.63) is 65.7 Å². The minimum atomic E-state index is 0.428. The maximum atomic E-state index is 10.5. The Morgan fingerprint density at radius 3 is 2.67 bits per heavy atom. The molecule has 100 valence electrons. The topological polar surface area (TPSA) is 20.2 Å². The number of thiophene rings is 1. The fourth-order valence-corrected chi connectivity index (χ4v) is 4.72. The second-order valence-electron chi connectivity index (χ2n) is 5.56. The lowest BCUT2D eigenvalue weighted by Gasteiger charge is -2.05. The standard InChI is InChI=1S/C19H12OS/c20-16-10-14-13-7-3-4-8-17(13)21-19(14)18-12-6-2-1-5-11(12)9-15(16)18/h1-8,10,20H,9H2. The number of rotatable bonds is 0. The summed E-state index contributed by atoms with van der Waals surface area (Å²) in [6.45, 7) is 0. The molecule has 0 bridgehead atoms. The van der Waals surface area contributed by atoms with Crippen molar-refractivity contribution < 1.29 is 5.11 Å². The van der Waals surface area contributed by atoms with Crippen LogP contribution in [-0.2, 0) is 6.42 Å². The van der Waals surface area contributed by atoms with Gasteiger partial charge in [-0.15, -0.1) is 11.3 Å². The second-order valence-corrected chi connectivity index (χ2v) is 6.61. The average molecular weight is 288 g/mol. The van der Waals surface area contributed by atoms with Crippen LogP contribution in [0.2, 0.25) is 0 Å². The summed E-state index contributed by atoms with van der Waals surface area (Å²) >= 11 is 1.83. The molecule has 1 aromatic heterocycles. The molecule has 1 aliphatic rings. The minimum absolute atomic E-state index is 0.428. The molecule has 0 amide bonds. The fourth-order valence-electron chi connectivity index (χ4n) is 3.46. The van der Waals surface area contributed by atoms with Gasteiger partial charge >= 0.3 is 0 Å². The molecule has 0 saturated heterocycles. The van der Waals surface area contributed by atoms with Crippen molar-refractivity contribution in [2.75, 3.05) is 0 Å². The van der Waals surface area contributed by atoms with Gasteiger partial charge in [0.15, 0.2) is 0 Å². The van der Waals surface area contributed by atoms with Crippen molar-refractivity contribution in [2.45, 2.75) is 6.42 Å². The molecule has 5 rings (SSSR count). The van der Waals surface area contributed by atoms with Gasteiger partial charge in [-0.25, -0.2) is 0 Å². The molecule has 0 unspecified atom stereocenters. The van der Waals surface area contributed by atoms with Crippen molar-refractivity contribution in [3.63, 3.8) is 0 Å². The Morgan fingerprint density at radius 2 is 1.71 bits per heavy atom. The van der Waals surface area contributed by atoms with E-state index in [-0.39, 0.29) is 0 Å². The van der Waals surface area contributed by atoms with Gasteiger partial charge in [0.1, 0.15) is 5.75 Å². The summed E-state index contributed by atoms with van der Waals surface area (Å²) in [6, 6.07) is 18.9. The first-order chi connectivity index (χ1) is 10.3. The maximum absolute atomic E-state index is 10.5. The first kappa shape index (κ1) is 11.4.